The van der Waals surface area contributed by atoms with Gasteiger partial charge in [-0.2, -0.15) is 0 Å². The second-order valence-corrected chi connectivity index (χ2v) is 6.40. The van der Waals surface area contributed by atoms with Crippen LogP contribution in [0.3, 0.4) is 0 Å². The molecule has 18 heavy (non-hydrogen) atoms. The smallest absolute Gasteiger partial charge is 0.191 e. The Morgan fingerprint density at radius 1 is 0.944 bits per heavy atom. The van der Waals surface area contributed by atoms with Gasteiger partial charge in [0.2, 0.25) is 0 Å². The van der Waals surface area contributed by atoms with E-state index in [0.717, 1.165) is 30.9 Å². The van der Waals surface area contributed by atoms with Gasteiger partial charge >= 0.3 is 0 Å². The Labute approximate surface area is 111 Å². The van der Waals surface area contributed by atoms with Crippen LogP contribution in [-0.2, 0) is 0 Å². The number of hydrogen-bond acceptors (Lipinski definition) is 1. The van der Waals surface area contributed by atoms with Crippen LogP contribution in [0.1, 0.15) is 57.8 Å². The fourth-order valence-electron chi connectivity index (χ4n) is 3.79. The molecule has 1 saturated heterocycles. The van der Waals surface area contributed by atoms with E-state index in [9.17, 15) is 0 Å². The normalized spacial score (nSPS) is 34.7. The molecule has 3 heteroatoms. The Morgan fingerprint density at radius 3 is 2.33 bits per heavy atom. The first-order chi connectivity index (χ1) is 8.84. The predicted octanol–water partition coefficient (Wildman–Crippen LogP) is 2.76. The molecule has 0 aromatic rings. The molecule has 2 saturated carbocycles. The van der Waals surface area contributed by atoms with Gasteiger partial charge in [0.05, 0.1) is 6.04 Å². The van der Waals surface area contributed by atoms with Crippen molar-refractivity contribution in [1.82, 2.24) is 4.90 Å². The highest BCUT2D eigenvalue weighted by Gasteiger charge is 2.43. The zero-order chi connectivity index (χ0) is 12.4. The maximum atomic E-state index is 6.16. The maximum Gasteiger partial charge on any atom is 0.191 e. The highest BCUT2D eigenvalue weighted by atomic mass is 15.3. The van der Waals surface area contributed by atoms with E-state index < -0.39 is 0 Å². The third-order valence-corrected chi connectivity index (χ3v) is 5.04. The Morgan fingerprint density at radius 2 is 1.61 bits per heavy atom. The van der Waals surface area contributed by atoms with Crippen LogP contribution < -0.4 is 5.73 Å². The molecule has 0 spiro atoms. The number of nitrogens with zero attached hydrogens (tertiary/aromatic N) is 2. The number of rotatable bonds is 2. The second-order valence-electron chi connectivity index (χ2n) is 6.40. The summed E-state index contributed by atoms with van der Waals surface area (Å²) in [7, 11) is 0. The molecule has 1 heterocycles. The minimum absolute atomic E-state index is 0.565. The topological polar surface area (TPSA) is 41.6 Å². The Balaban J connectivity index is 1.50. The van der Waals surface area contributed by atoms with Crippen molar-refractivity contribution >= 4 is 5.96 Å². The van der Waals surface area contributed by atoms with Crippen LogP contribution in [0.2, 0.25) is 0 Å². The van der Waals surface area contributed by atoms with E-state index >= 15 is 0 Å². The summed E-state index contributed by atoms with van der Waals surface area (Å²) >= 11 is 0. The lowest BCUT2D eigenvalue weighted by molar-refractivity contribution is 0.316. The van der Waals surface area contributed by atoms with Crippen molar-refractivity contribution < 1.29 is 0 Å². The van der Waals surface area contributed by atoms with Crippen LogP contribution in [0.15, 0.2) is 4.99 Å². The van der Waals surface area contributed by atoms with Crippen molar-refractivity contribution in [1.29, 1.82) is 0 Å². The van der Waals surface area contributed by atoms with E-state index in [1.807, 2.05) is 0 Å². The van der Waals surface area contributed by atoms with Crippen LogP contribution in [-0.4, -0.2) is 30.0 Å². The molecule has 2 aliphatic carbocycles. The highest BCUT2D eigenvalue weighted by molar-refractivity contribution is 5.78. The molecule has 2 N–H and O–H groups in total. The molecule has 0 amide bonds. The van der Waals surface area contributed by atoms with Gasteiger partial charge in [-0.25, -0.2) is 4.99 Å². The molecule has 3 nitrogen and oxygen atoms in total. The third kappa shape index (κ3) is 2.81. The number of aliphatic imine (C=N–C) groups is 1. The van der Waals surface area contributed by atoms with Crippen molar-refractivity contribution in [3.63, 3.8) is 0 Å². The molecule has 3 fully saturated rings. The molecule has 0 aromatic heterocycles. The monoisotopic (exact) mass is 249 g/mol. The molecular formula is C15H27N3. The minimum atomic E-state index is 0.565. The summed E-state index contributed by atoms with van der Waals surface area (Å²) in [5.41, 5.74) is 6.16. The molecule has 2 unspecified atom stereocenters. The van der Waals surface area contributed by atoms with Crippen LogP contribution >= 0.6 is 0 Å². The summed E-state index contributed by atoms with van der Waals surface area (Å²) in [5, 5.41) is 0. The summed E-state index contributed by atoms with van der Waals surface area (Å²) in [4.78, 5) is 7.08. The average Bonchev–Trinajstić information content (AvgIpc) is 3.20. The minimum Gasteiger partial charge on any atom is -0.370 e. The van der Waals surface area contributed by atoms with Gasteiger partial charge in [0.25, 0.3) is 0 Å². The highest BCUT2D eigenvalue weighted by Crippen LogP contribution is 2.46. The summed E-state index contributed by atoms with van der Waals surface area (Å²) in [5.74, 6) is 2.66. The SMILES string of the molecule is NC(=NC1CC1C1CCCCC1)N1CCCCC1. The third-order valence-electron chi connectivity index (χ3n) is 5.04. The molecule has 2 atom stereocenters. The van der Waals surface area contributed by atoms with Gasteiger partial charge in [-0.15, -0.1) is 0 Å². The molecule has 3 aliphatic rings. The number of hydrogen-bond donors (Lipinski definition) is 1. The number of piperidine rings is 1. The van der Waals surface area contributed by atoms with Crippen LogP contribution in [0, 0.1) is 11.8 Å². The first kappa shape index (κ1) is 12.3. The molecule has 0 aromatic carbocycles. The zero-order valence-corrected chi connectivity index (χ0v) is 11.5. The quantitative estimate of drug-likeness (QED) is 0.604. The Kier molecular flexibility index (Phi) is 3.76. The van der Waals surface area contributed by atoms with Gasteiger partial charge in [0.1, 0.15) is 0 Å². The van der Waals surface area contributed by atoms with Gasteiger partial charge in [-0.05, 0) is 37.5 Å². The average molecular weight is 249 g/mol. The molecule has 0 bridgehead atoms. The van der Waals surface area contributed by atoms with Crippen molar-refractivity contribution in [3.05, 3.63) is 0 Å². The Hall–Kier alpha value is -0.730. The van der Waals surface area contributed by atoms with Crippen LogP contribution in [0.5, 0.6) is 0 Å². The van der Waals surface area contributed by atoms with E-state index in [0.29, 0.717) is 6.04 Å². The lowest BCUT2D eigenvalue weighted by Gasteiger charge is -2.27. The van der Waals surface area contributed by atoms with Gasteiger partial charge in [0, 0.05) is 13.1 Å². The van der Waals surface area contributed by atoms with Gasteiger partial charge in [-0.1, -0.05) is 32.1 Å². The Bertz CT molecular complexity index is 301. The predicted molar refractivity (Wildman–Crippen MR) is 75.5 cm³/mol. The van der Waals surface area contributed by atoms with Gasteiger partial charge in [0.15, 0.2) is 5.96 Å². The molecule has 0 radical (unpaired) electrons. The molecule has 3 rings (SSSR count). The fourth-order valence-corrected chi connectivity index (χ4v) is 3.79. The van der Waals surface area contributed by atoms with Crippen molar-refractivity contribution in [2.45, 2.75) is 63.8 Å². The summed E-state index contributed by atoms with van der Waals surface area (Å²) < 4.78 is 0. The fraction of sp³-hybridized carbons (Fsp3) is 0.933. The van der Waals surface area contributed by atoms with E-state index in [1.54, 1.807) is 0 Å². The van der Waals surface area contributed by atoms with Gasteiger partial charge in [-0.3, -0.25) is 0 Å². The van der Waals surface area contributed by atoms with Crippen molar-refractivity contribution in [3.8, 4) is 0 Å². The van der Waals surface area contributed by atoms with E-state index in [4.69, 9.17) is 10.7 Å². The van der Waals surface area contributed by atoms with E-state index in [-0.39, 0.29) is 0 Å². The maximum absolute atomic E-state index is 6.16. The van der Waals surface area contributed by atoms with Gasteiger partial charge < -0.3 is 10.6 Å². The second kappa shape index (κ2) is 5.50. The first-order valence-corrected chi connectivity index (χ1v) is 7.93. The first-order valence-electron chi connectivity index (χ1n) is 7.93. The van der Waals surface area contributed by atoms with Crippen LogP contribution in [0.4, 0.5) is 0 Å². The zero-order valence-electron chi connectivity index (χ0n) is 11.5. The van der Waals surface area contributed by atoms with Crippen molar-refractivity contribution in [2.24, 2.45) is 22.6 Å². The standard InChI is InChI=1S/C15H27N3/c16-15(18-9-5-2-6-10-18)17-14-11-13(14)12-7-3-1-4-8-12/h12-14H,1-11H2,(H2,16,17). The summed E-state index contributed by atoms with van der Waals surface area (Å²) in [6, 6.07) is 0.565. The van der Waals surface area contributed by atoms with Crippen LogP contribution in [0.25, 0.3) is 0 Å². The number of guanidine groups is 1. The largest absolute Gasteiger partial charge is 0.370 e. The molecule has 1 aliphatic heterocycles. The lowest BCUT2D eigenvalue weighted by atomic mass is 9.85. The summed E-state index contributed by atoms with van der Waals surface area (Å²) in [6.45, 7) is 2.24. The number of likely N-dealkylation sites (tertiary alicyclic amines) is 1. The molecular weight excluding hydrogens is 222 g/mol. The van der Waals surface area contributed by atoms with E-state index in [2.05, 4.69) is 4.90 Å². The van der Waals surface area contributed by atoms with E-state index in [1.165, 1.54) is 57.8 Å². The number of nitrogens with two attached hydrogens (primary N) is 1. The molecule has 102 valence electrons. The lowest BCUT2D eigenvalue weighted by Crippen LogP contribution is -2.41. The van der Waals surface area contributed by atoms with Crippen molar-refractivity contribution in [2.75, 3.05) is 13.1 Å². The summed E-state index contributed by atoms with van der Waals surface area (Å²) in [6.07, 6.45) is 12.5.